The maximum absolute atomic E-state index is 11.9. The average Bonchev–Trinajstić information content (AvgIpc) is 2.40. The van der Waals surface area contributed by atoms with Crippen molar-refractivity contribution >= 4 is 56.2 Å². The fraction of sp³-hybridized carbons (Fsp3) is 0.125. The van der Waals surface area contributed by atoms with E-state index in [1.165, 1.54) is 18.2 Å². The Morgan fingerprint density at radius 3 is 2.62 bits per heavy atom. The Morgan fingerprint density at radius 2 is 2.00 bits per heavy atom. The van der Waals surface area contributed by atoms with Crippen LogP contribution >= 0.6 is 11.3 Å². The Bertz CT molecular complexity index is 499. The molecule has 0 saturated heterocycles. The average molecular weight is 258 g/mol. The van der Waals surface area contributed by atoms with Gasteiger partial charge in [-0.25, -0.2) is 4.98 Å². The molecule has 2 aromatic rings. The number of halogens is 3. The zero-order chi connectivity index (χ0) is 11.1. The number of fused-ring (bicyclic) bond motifs is 1. The van der Waals surface area contributed by atoms with Crippen LogP contribution in [-0.2, 0) is 0 Å². The number of hydrogen-bond donors (Lipinski definition) is 1. The van der Waals surface area contributed by atoms with Crippen LogP contribution in [0, 0.1) is 0 Å². The summed E-state index contributed by atoms with van der Waals surface area (Å²) in [6.07, 6.45) is -4.68. The second-order valence-corrected chi connectivity index (χ2v) is 3.79. The molecule has 3 nitrogen and oxygen atoms in total. The predicted octanol–water partition coefficient (Wildman–Crippen LogP) is 2.13. The summed E-state index contributed by atoms with van der Waals surface area (Å²) >= 11 is 1.11. The molecular weight excluding hydrogens is 252 g/mol. The van der Waals surface area contributed by atoms with Gasteiger partial charge in [-0.2, -0.15) is 0 Å². The first-order valence-electron chi connectivity index (χ1n) is 3.86. The maximum atomic E-state index is 11.9. The van der Waals surface area contributed by atoms with Gasteiger partial charge < -0.3 is 10.5 Å². The quantitative estimate of drug-likeness (QED) is 0.797. The van der Waals surface area contributed by atoms with Gasteiger partial charge in [-0.1, -0.05) is 11.3 Å². The molecule has 2 rings (SSSR count). The van der Waals surface area contributed by atoms with E-state index in [0.29, 0.717) is 15.3 Å². The number of alkyl halides is 3. The van der Waals surface area contributed by atoms with Gasteiger partial charge in [0.1, 0.15) is 5.75 Å². The van der Waals surface area contributed by atoms with Crippen molar-refractivity contribution in [3.8, 4) is 5.75 Å². The molecule has 16 heavy (non-hydrogen) atoms. The van der Waals surface area contributed by atoms with Crippen LogP contribution in [0.1, 0.15) is 0 Å². The summed E-state index contributed by atoms with van der Waals surface area (Å²) in [6.45, 7) is 0. The van der Waals surface area contributed by atoms with Crippen molar-refractivity contribution in [2.45, 2.75) is 6.36 Å². The van der Waals surface area contributed by atoms with E-state index >= 15 is 0 Å². The normalized spacial score (nSPS) is 11.2. The zero-order valence-corrected chi connectivity index (χ0v) is 8.02. The molecule has 0 unspecified atom stereocenters. The van der Waals surface area contributed by atoms with Crippen LogP contribution in [0.15, 0.2) is 18.2 Å². The molecule has 0 aliphatic rings. The van der Waals surface area contributed by atoms with Gasteiger partial charge in [-0.15, -0.1) is 13.2 Å². The van der Waals surface area contributed by atoms with Gasteiger partial charge in [-0.3, -0.25) is 0 Å². The summed E-state index contributed by atoms with van der Waals surface area (Å²) in [5.41, 5.74) is 5.97. The first kappa shape index (κ1) is 13.6. The molecule has 0 aliphatic heterocycles. The minimum atomic E-state index is -4.68. The van der Waals surface area contributed by atoms with Gasteiger partial charge in [0.2, 0.25) is 0 Å². The van der Waals surface area contributed by atoms with Crippen molar-refractivity contribution in [2.24, 2.45) is 0 Å². The molecule has 0 spiro atoms. The number of anilines is 1. The second kappa shape index (κ2) is 4.79. The molecule has 82 valence electrons. The van der Waals surface area contributed by atoms with Gasteiger partial charge in [-0.05, 0) is 12.1 Å². The number of benzene rings is 1. The summed E-state index contributed by atoms with van der Waals surface area (Å²) < 4.78 is 40.0. The van der Waals surface area contributed by atoms with Crippen LogP contribution < -0.4 is 10.5 Å². The van der Waals surface area contributed by atoms with E-state index in [2.05, 4.69) is 9.72 Å². The third-order valence-electron chi connectivity index (χ3n) is 1.61. The van der Waals surface area contributed by atoms with Crippen molar-refractivity contribution in [1.29, 1.82) is 0 Å². The van der Waals surface area contributed by atoms with E-state index in [4.69, 9.17) is 5.73 Å². The second-order valence-electron chi connectivity index (χ2n) is 2.73. The first-order chi connectivity index (χ1) is 6.94. The number of aromatic nitrogens is 1. The molecule has 0 saturated carbocycles. The summed E-state index contributed by atoms with van der Waals surface area (Å²) in [4.78, 5) is 3.91. The SMILES string of the molecule is Nc1nc2ccc(OC(F)(F)F)cc2s1.[NaH]. The van der Waals surface area contributed by atoms with Crippen LogP contribution in [0.4, 0.5) is 18.3 Å². The van der Waals surface area contributed by atoms with E-state index in [1.807, 2.05) is 0 Å². The van der Waals surface area contributed by atoms with Gasteiger partial charge in [0.05, 0.1) is 10.2 Å². The Balaban J connectivity index is 0.00000128. The minimum absolute atomic E-state index is 0. The van der Waals surface area contributed by atoms with Gasteiger partial charge >= 0.3 is 35.9 Å². The molecule has 0 radical (unpaired) electrons. The Morgan fingerprint density at radius 1 is 1.31 bits per heavy atom. The third kappa shape index (κ3) is 3.24. The summed E-state index contributed by atoms with van der Waals surface area (Å²) in [6, 6.07) is 3.90. The summed E-state index contributed by atoms with van der Waals surface area (Å²) in [5.74, 6) is -0.265. The van der Waals surface area contributed by atoms with Gasteiger partial charge in [0.25, 0.3) is 0 Å². The van der Waals surface area contributed by atoms with E-state index in [-0.39, 0.29) is 35.3 Å². The van der Waals surface area contributed by atoms with Crippen molar-refractivity contribution in [2.75, 3.05) is 5.73 Å². The first-order valence-corrected chi connectivity index (χ1v) is 4.67. The summed E-state index contributed by atoms with van der Waals surface area (Å²) in [5, 5.41) is 0.314. The number of hydrogen-bond acceptors (Lipinski definition) is 4. The molecule has 0 fully saturated rings. The molecule has 2 N–H and O–H groups in total. The summed E-state index contributed by atoms with van der Waals surface area (Å²) in [7, 11) is 0. The molecule has 8 heteroatoms. The van der Waals surface area contributed by atoms with E-state index in [0.717, 1.165) is 11.3 Å². The fourth-order valence-corrected chi connectivity index (χ4v) is 1.88. The van der Waals surface area contributed by atoms with Crippen molar-refractivity contribution < 1.29 is 17.9 Å². The molecule has 0 amide bonds. The number of rotatable bonds is 1. The Labute approximate surface area is 115 Å². The third-order valence-corrected chi connectivity index (χ3v) is 2.46. The Kier molecular flexibility index (Phi) is 4.06. The van der Waals surface area contributed by atoms with Crippen LogP contribution in [-0.4, -0.2) is 40.9 Å². The van der Waals surface area contributed by atoms with Crippen LogP contribution in [0.25, 0.3) is 10.2 Å². The number of nitrogens with zero attached hydrogens (tertiary/aromatic N) is 1. The molecule has 1 heterocycles. The number of ether oxygens (including phenoxy) is 1. The van der Waals surface area contributed by atoms with Crippen LogP contribution in [0.3, 0.4) is 0 Å². The monoisotopic (exact) mass is 258 g/mol. The zero-order valence-electron chi connectivity index (χ0n) is 7.21. The molecular formula is C8H6F3N2NaOS. The fourth-order valence-electron chi connectivity index (χ4n) is 1.12. The topological polar surface area (TPSA) is 48.1 Å². The van der Waals surface area contributed by atoms with Gasteiger partial charge in [0.15, 0.2) is 5.13 Å². The molecule has 1 aromatic carbocycles. The van der Waals surface area contributed by atoms with E-state index in [1.54, 1.807) is 0 Å². The van der Waals surface area contributed by atoms with E-state index in [9.17, 15) is 13.2 Å². The molecule has 0 aliphatic carbocycles. The Hall–Kier alpha value is -0.500. The molecule has 1 aromatic heterocycles. The van der Waals surface area contributed by atoms with Gasteiger partial charge in [0, 0.05) is 6.07 Å². The van der Waals surface area contributed by atoms with Crippen LogP contribution in [0.2, 0.25) is 0 Å². The number of thiazole rings is 1. The predicted molar refractivity (Wildman–Crippen MR) is 57.9 cm³/mol. The van der Waals surface area contributed by atoms with Crippen molar-refractivity contribution in [1.82, 2.24) is 4.98 Å². The van der Waals surface area contributed by atoms with E-state index < -0.39 is 6.36 Å². The molecule has 0 atom stereocenters. The standard InChI is InChI=1S/C8H5F3N2OS.Na.H/c9-8(10,11)14-4-1-2-5-6(3-4)15-7(12)13-5;;/h1-3H,(H2,12,13);;. The van der Waals surface area contributed by atoms with Crippen LogP contribution in [0.5, 0.6) is 5.75 Å². The molecule has 0 bridgehead atoms. The van der Waals surface area contributed by atoms with Crippen molar-refractivity contribution in [3.05, 3.63) is 18.2 Å². The number of nitrogens with two attached hydrogens (primary N) is 1. The van der Waals surface area contributed by atoms with Crippen molar-refractivity contribution in [3.63, 3.8) is 0 Å². The number of nitrogen functional groups attached to an aromatic ring is 1.